The van der Waals surface area contributed by atoms with Crippen LogP contribution in [0.3, 0.4) is 0 Å². The molecule has 0 spiro atoms. The molecule has 0 saturated carbocycles. The molecule has 2 aromatic carbocycles. The first-order valence-electron chi connectivity index (χ1n) is 13.2. The topological polar surface area (TPSA) is 198 Å². The third-order valence-electron chi connectivity index (χ3n) is 5.62. The SMILES string of the molecule is CCOc1cc(C(Nc2ccc(C(=N)N)cc2)C(=O)NNC(=O)c2ccc(=O)n(C)c2)ccc1OC(C)C.O=C(O)C(F)(F)F. The summed E-state index contributed by atoms with van der Waals surface area (Å²) in [6.45, 7) is 6.04. The van der Waals surface area contributed by atoms with Crippen molar-refractivity contribution in [1.82, 2.24) is 15.4 Å². The van der Waals surface area contributed by atoms with Crippen molar-refractivity contribution in [3.05, 3.63) is 87.8 Å². The summed E-state index contributed by atoms with van der Waals surface area (Å²) in [5.41, 5.74) is 12.0. The molecule has 45 heavy (non-hydrogen) atoms. The van der Waals surface area contributed by atoms with E-state index in [-0.39, 0.29) is 23.1 Å². The number of carboxylic acids is 1. The number of alkyl halides is 3. The standard InChI is InChI=1S/C27H32N6O5.C2HF3O2/c1-5-37-22-14-18(8-12-21(22)38-16(2)3)24(30-20-10-6-17(7-11-20)25(28)29)27(36)32-31-26(35)19-9-13-23(34)33(4)15-19;3-2(4,5)1(6)7/h6-16,24,30H,5H2,1-4H3,(H3,28,29)(H,31,35)(H,32,36);(H,6,7). The summed E-state index contributed by atoms with van der Waals surface area (Å²) < 4.78 is 44.6. The molecule has 0 saturated heterocycles. The highest BCUT2D eigenvalue weighted by Crippen LogP contribution is 2.33. The van der Waals surface area contributed by atoms with Crippen molar-refractivity contribution in [1.29, 1.82) is 5.41 Å². The fourth-order valence-electron chi connectivity index (χ4n) is 3.53. The number of carboxylic acid groups (broad SMARTS) is 1. The van der Waals surface area contributed by atoms with Gasteiger partial charge in [0.05, 0.1) is 18.3 Å². The number of carbonyl (C=O) groups excluding carboxylic acids is 2. The van der Waals surface area contributed by atoms with Gasteiger partial charge in [0.15, 0.2) is 11.5 Å². The first kappa shape index (κ1) is 35.7. The third-order valence-corrected chi connectivity index (χ3v) is 5.62. The summed E-state index contributed by atoms with van der Waals surface area (Å²) in [5.74, 6) is -2.97. The maximum atomic E-state index is 13.3. The average Bonchev–Trinajstić information content (AvgIpc) is 2.96. The number of hydrogen-bond acceptors (Lipinski definition) is 8. The van der Waals surface area contributed by atoms with Gasteiger partial charge >= 0.3 is 12.1 Å². The average molecular weight is 635 g/mol. The van der Waals surface area contributed by atoms with E-state index in [0.29, 0.717) is 34.9 Å². The molecule has 1 atom stereocenters. The van der Waals surface area contributed by atoms with Crippen molar-refractivity contribution < 1.29 is 42.1 Å². The Morgan fingerprint density at radius 3 is 2.11 bits per heavy atom. The van der Waals surface area contributed by atoms with Gasteiger partial charge in [-0.25, -0.2) is 4.79 Å². The van der Waals surface area contributed by atoms with Crippen LogP contribution in [0.4, 0.5) is 18.9 Å². The van der Waals surface area contributed by atoms with Gasteiger partial charge in [0.2, 0.25) is 5.56 Å². The van der Waals surface area contributed by atoms with Gasteiger partial charge < -0.3 is 30.2 Å². The van der Waals surface area contributed by atoms with E-state index in [0.717, 1.165) is 0 Å². The number of aromatic nitrogens is 1. The fourth-order valence-corrected chi connectivity index (χ4v) is 3.53. The second-order valence-electron chi connectivity index (χ2n) is 9.49. The van der Waals surface area contributed by atoms with Crippen LogP contribution in [0.25, 0.3) is 0 Å². The number of hydrogen-bond donors (Lipinski definition) is 6. The number of aliphatic carboxylic acids is 1. The minimum atomic E-state index is -5.08. The molecule has 7 N–H and O–H groups in total. The lowest BCUT2D eigenvalue weighted by Gasteiger charge is -2.22. The van der Waals surface area contributed by atoms with Gasteiger partial charge in [0, 0.05) is 30.6 Å². The Bertz CT molecular complexity index is 1570. The van der Waals surface area contributed by atoms with Crippen molar-refractivity contribution >= 4 is 29.3 Å². The maximum Gasteiger partial charge on any atom is 0.490 e. The molecule has 0 aliphatic heterocycles. The number of nitrogens with zero attached hydrogens (tertiary/aromatic N) is 1. The van der Waals surface area contributed by atoms with Gasteiger partial charge in [-0.3, -0.25) is 30.6 Å². The van der Waals surface area contributed by atoms with E-state index in [4.69, 9.17) is 30.5 Å². The van der Waals surface area contributed by atoms with Crippen molar-refractivity contribution in [3.8, 4) is 11.5 Å². The van der Waals surface area contributed by atoms with Crippen LogP contribution < -0.4 is 36.9 Å². The van der Waals surface area contributed by atoms with E-state index >= 15 is 0 Å². The Morgan fingerprint density at radius 1 is 1.00 bits per heavy atom. The second-order valence-corrected chi connectivity index (χ2v) is 9.49. The lowest BCUT2D eigenvalue weighted by molar-refractivity contribution is -0.192. The molecule has 13 nitrogen and oxygen atoms in total. The molecule has 3 rings (SSSR count). The summed E-state index contributed by atoms with van der Waals surface area (Å²) in [6, 6.07) is 13.6. The molecule has 2 amide bonds. The van der Waals surface area contributed by atoms with Crippen LogP contribution in [0.15, 0.2) is 65.6 Å². The number of anilines is 1. The summed E-state index contributed by atoms with van der Waals surface area (Å²) >= 11 is 0. The Hall–Kier alpha value is -5.54. The summed E-state index contributed by atoms with van der Waals surface area (Å²) in [4.78, 5) is 46.4. The Labute approximate surface area is 255 Å². The number of ether oxygens (including phenoxy) is 2. The largest absolute Gasteiger partial charge is 0.490 e. The molecule has 3 aromatic rings. The minimum absolute atomic E-state index is 0.0749. The predicted octanol–water partition coefficient (Wildman–Crippen LogP) is 3.10. The molecule has 0 aliphatic carbocycles. The first-order chi connectivity index (χ1) is 21.0. The number of amides is 2. The van der Waals surface area contributed by atoms with Crippen LogP contribution in [0.1, 0.15) is 48.3 Å². The molecule has 16 heteroatoms. The van der Waals surface area contributed by atoms with Gasteiger partial charge in [-0.2, -0.15) is 13.2 Å². The molecule has 242 valence electrons. The molecule has 0 radical (unpaired) electrons. The molecule has 1 unspecified atom stereocenters. The van der Waals surface area contributed by atoms with E-state index in [1.54, 1.807) is 42.5 Å². The highest BCUT2D eigenvalue weighted by atomic mass is 19.4. The molecular formula is C29H33F3N6O7. The summed E-state index contributed by atoms with van der Waals surface area (Å²) in [5, 5.41) is 17.9. The number of carbonyl (C=O) groups is 3. The zero-order chi connectivity index (χ0) is 33.9. The number of halogens is 3. The van der Waals surface area contributed by atoms with Crippen molar-refractivity contribution in [2.45, 2.75) is 39.1 Å². The molecule has 0 aliphatic rings. The zero-order valence-electron chi connectivity index (χ0n) is 24.7. The Balaban J connectivity index is 0.000000900. The van der Waals surface area contributed by atoms with Crippen LogP contribution >= 0.6 is 0 Å². The van der Waals surface area contributed by atoms with Crippen molar-refractivity contribution in [2.75, 3.05) is 11.9 Å². The van der Waals surface area contributed by atoms with E-state index in [9.17, 15) is 27.6 Å². The van der Waals surface area contributed by atoms with Gasteiger partial charge in [0.25, 0.3) is 11.8 Å². The van der Waals surface area contributed by atoms with Crippen LogP contribution in [0.5, 0.6) is 11.5 Å². The smallest absolute Gasteiger partial charge is 0.490 e. The molecular weight excluding hydrogens is 601 g/mol. The number of hydrazine groups is 1. The van der Waals surface area contributed by atoms with Crippen LogP contribution in [0, 0.1) is 5.41 Å². The van der Waals surface area contributed by atoms with E-state index in [1.807, 2.05) is 20.8 Å². The van der Waals surface area contributed by atoms with Gasteiger partial charge in [-0.15, -0.1) is 0 Å². The molecule has 0 bridgehead atoms. The second kappa shape index (κ2) is 15.8. The van der Waals surface area contributed by atoms with Gasteiger partial charge in [-0.05, 0) is 68.8 Å². The number of pyridine rings is 1. The number of nitrogens with one attached hydrogen (secondary N) is 4. The van der Waals surface area contributed by atoms with E-state index < -0.39 is 30.0 Å². The molecule has 1 heterocycles. The number of benzene rings is 2. The monoisotopic (exact) mass is 634 g/mol. The van der Waals surface area contributed by atoms with Gasteiger partial charge in [0.1, 0.15) is 11.9 Å². The highest BCUT2D eigenvalue weighted by molar-refractivity contribution is 5.96. The number of aryl methyl sites for hydroxylation is 1. The third kappa shape index (κ3) is 10.9. The number of nitrogens with two attached hydrogens (primary N) is 1. The zero-order valence-corrected chi connectivity index (χ0v) is 24.7. The quantitative estimate of drug-likeness (QED) is 0.110. The number of nitrogen functional groups attached to an aromatic ring is 1. The lowest BCUT2D eigenvalue weighted by Crippen LogP contribution is -2.45. The fraction of sp³-hybridized carbons (Fsp3) is 0.276. The van der Waals surface area contributed by atoms with Crippen LogP contribution in [0.2, 0.25) is 0 Å². The van der Waals surface area contributed by atoms with E-state index in [2.05, 4.69) is 16.2 Å². The van der Waals surface area contributed by atoms with Gasteiger partial charge in [-0.1, -0.05) is 6.07 Å². The normalized spacial score (nSPS) is 11.4. The lowest BCUT2D eigenvalue weighted by atomic mass is 10.0. The summed E-state index contributed by atoms with van der Waals surface area (Å²) in [6.07, 6.45) is -3.79. The van der Waals surface area contributed by atoms with E-state index in [1.165, 1.54) is 29.9 Å². The first-order valence-corrected chi connectivity index (χ1v) is 13.2. The van der Waals surface area contributed by atoms with Crippen molar-refractivity contribution in [2.24, 2.45) is 12.8 Å². The molecule has 1 aromatic heterocycles. The Morgan fingerprint density at radius 2 is 1.60 bits per heavy atom. The Kier molecular flexibility index (Phi) is 12.5. The predicted molar refractivity (Wildman–Crippen MR) is 158 cm³/mol. The molecule has 0 fully saturated rings. The van der Waals surface area contributed by atoms with Crippen LogP contribution in [-0.2, 0) is 16.6 Å². The summed E-state index contributed by atoms with van der Waals surface area (Å²) in [7, 11) is 1.53. The maximum absolute atomic E-state index is 13.3. The van der Waals surface area contributed by atoms with Crippen LogP contribution in [-0.4, -0.2) is 52.2 Å². The number of rotatable bonds is 10. The minimum Gasteiger partial charge on any atom is -0.490 e. The highest BCUT2D eigenvalue weighted by Gasteiger charge is 2.38. The van der Waals surface area contributed by atoms with Crippen molar-refractivity contribution in [3.63, 3.8) is 0 Å². The number of amidine groups is 1.